The van der Waals surface area contributed by atoms with Crippen molar-refractivity contribution in [2.45, 2.75) is 37.8 Å². The summed E-state index contributed by atoms with van der Waals surface area (Å²) in [4.78, 5) is 0.140. The second-order valence-corrected chi connectivity index (χ2v) is 9.78. The maximum absolute atomic E-state index is 13.4. The van der Waals surface area contributed by atoms with Crippen molar-refractivity contribution in [2.24, 2.45) is 5.92 Å². The van der Waals surface area contributed by atoms with Crippen molar-refractivity contribution in [3.8, 4) is 11.5 Å². The summed E-state index contributed by atoms with van der Waals surface area (Å²) in [5, 5.41) is 10.5. The molecule has 0 saturated heterocycles. The zero-order valence-electron chi connectivity index (χ0n) is 16.5. The molecule has 8 heteroatoms. The van der Waals surface area contributed by atoms with Crippen molar-refractivity contribution in [1.82, 2.24) is 4.31 Å². The van der Waals surface area contributed by atoms with Crippen LogP contribution in [0.15, 0.2) is 47.4 Å². The van der Waals surface area contributed by atoms with Crippen LogP contribution in [0.5, 0.6) is 11.5 Å². The Morgan fingerprint density at radius 3 is 2.34 bits per heavy atom. The molecule has 2 aromatic carbocycles. The molecule has 0 radical (unpaired) electrons. The minimum absolute atomic E-state index is 0.111. The van der Waals surface area contributed by atoms with Crippen LogP contribution < -0.4 is 9.47 Å². The van der Waals surface area contributed by atoms with Gasteiger partial charge in [-0.15, -0.1) is 0 Å². The minimum Gasteiger partial charge on any atom is -0.486 e. The van der Waals surface area contributed by atoms with E-state index in [0.29, 0.717) is 36.2 Å². The van der Waals surface area contributed by atoms with Crippen LogP contribution in [0.1, 0.15) is 25.8 Å². The number of hydrogen-bond donors (Lipinski definition) is 1. The van der Waals surface area contributed by atoms with Gasteiger partial charge in [-0.2, -0.15) is 4.31 Å². The number of ether oxygens (including phenoxy) is 2. The van der Waals surface area contributed by atoms with Gasteiger partial charge in [-0.25, -0.2) is 8.42 Å². The molecule has 0 aromatic heterocycles. The zero-order chi connectivity index (χ0) is 21.0. The Morgan fingerprint density at radius 2 is 1.72 bits per heavy atom. The van der Waals surface area contributed by atoms with Gasteiger partial charge in [-0.05, 0) is 54.3 Å². The van der Waals surface area contributed by atoms with Crippen LogP contribution in [-0.2, 0) is 16.6 Å². The van der Waals surface area contributed by atoms with Crippen LogP contribution in [0.3, 0.4) is 0 Å². The summed E-state index contributed by atoms with van der Waals surface area (Å²) < 4.78 is 39.4. The molecule has 6 nitrogen and oxygen atoms in total. The lowest BCUT2D eigenvalue weighted by atomic mass is 10.0. The van der Waals surface area contributed by atoms with Crippen LogP contribution in [-0.4, -0.2) is 43.7 Å². The Kier molecular flexibility index (Phi) is 7.05. The van der Waals surface area contributed by atoms with E-state index in [9.17, 15) is 13.5 Å². The fourth-order valence-electron chi connectivity index (χ4n) is 3.35. The molecule has 29 heavy (non-hydrogen) atoms. The summed E-state index contributed by atoms with van der Waals surface area (Å²) in [6.45, 7) is 4.79. The summed E-state index contributed by atoms with van der Waals surface area (Å²) in [7, 11) is -3.85. The number of halogens is 1. The third kappa shape index (κ3) is 5.22. The van der Waals surface area contributed by atoms with Crippen LogP contribution in [0.4, 0.5) is 0 Å². The van der Waals surface area contributed by atoms with Crippen molar-refractivity contribution in [1.29, 1.82) is 0 Å². The summed E-state index contributed by atoms with van der Waals surface area (Å²) >= 11 is 5.92. The Morgan fingerprint density at radius 1 is 1.07 bits per heavy atom. The summed E-state index contributed by atoms with van der Waals surface area (Å²) in [5.41, 5.74) is 0.758. The lowest BCUT2D eigenvalue weighted by Crippen LogP contribution is -2.42. The third-order valence-electron chi connectivity index (χ3n) is 4.73. The van der Waals surface area contributed by atoms with E-state index in [0.717, 1.165) is 5.56 Å². The molecule has 1 heterocycles. The largest absolute Gasteiger partial charge is 0.486 e. The average Bonchev–Trinajstić information content (AvgIpc) is 2.70. The molecule has 3 rings (SSSR count). The SMILES string of the molecule is CC(C)C[C@@H](CO)N(Cc1ccc2c(c1)OCCO2)S(=O)(=O)c1ccc(Cl)cc1. The predicted octanol–water partition coefficient (Wildman–Crippen LogP) is 3.71. The summed E-state index contributed by atoms with van der Waals surface area (Å²) in [6, 6.07) is 10.9. The first kappa shape index (κ1) is 21.9. The van der Waals surface area contributed by atoms with Crippen molar-refractivity contribution < 1.29 is 23.0 Å². The molecular formula is C21H26ClNO5S. The Hall–Kier alpha value is -1.80. The van der Waals surface area contributed by atoms with Gasteiger partial charge < -0.3 is 14.6 Å². The lowest BCUT2D eigenvalue weighted by molar-refractivity contribution is 0.162. The van der Waals surface area contributed by atoms with E-state index in [1.807, 2.05) is 19.9 Å². The van der Waals surface area contributed by atoms with Gasteiger partial charge >= 0.3 is 0 Å². The number of rotatable bonds is 8. The van der Waals surface area contributed by atoms with E-state index in [-0.39, 0.29) is 24.0 Å². The maximum Gasteiger partial charge on any atom is 0.243 e. The van der Waals surface area contributed by atoms with Gasteiger partial charge in [0.25, 0.3) is 0 Å². The second-order valence-electron chi connectivity index (χ2n) is 7.45. The molecular weight excluding hydrogens is 414 g/mol. The van der Waals surface area contributed by atoms with Crippen molar-refractivity contribution in [3.63, 3.8) is 0 Å². The monoisotopic (exact) mass is 439 g/mol. The molecule has 1 atom stereocenters. The molecule has 1 N–H and O–H groups in total. The van der Waals surface area contributed by atoms with Crippen LogP contribution in [0.25, 0.3) is 0 Å². The first-order chi connectivity index (χ1) is 13.8. The molecule has 0 bridgehead atoms. The first-order valence-corrected chi connectivity index (χ1v) is 11.4. The normalized spacial score (nSPS) is 15.0. The van der Waals surface area contributed by atoms with E-state index in [4.69, 9.17) is 21.1 Å². The van der Waals surface area contributed by atoms with Gasteiger partial charge in [0.05, 0.1) is 11.5 Å². The average molecular weight is 440 g/mol. The quantitative estimate of drug-likeness (QED) is 0.678. The van der Waals surface area contributed by atoms with Gasteiger partial charge in [0, 0.05) is 17.6 Å². The van der Waals surface area contributed by atoms with E-state index in [1.165, 1.54) is 16.4 Å². The number of hydrogen-bond acceptors (Lipinski definition) is 5. The van der Waals surface area contributed by atoms with Crippen LogP contribution in [0.2, 0.25) is 5.02 Å². The number of aliphatic hydroxyl groups is 1. The third-order valence-corrected chi connectivity index (χ3v) is 6.89. The Balaban J connectivity index is 1.97. The molecule has 2 aromatic rings. The number of fused-ring (bicyclic) bond motifs is 1. The maximum atomic E-state index is 13.4. The molecule has 0 aliphatic carbocycles. The van der Waals surface area contributed by atoms with Gasteiger partial charge in [0.1, 0.15) is 13.2 Å². The number of nitrogens with zero attached hydrogens (tertiary/aromatic N) is 1. The molecule has 1 aliphatic heterocycles. The number of benzene rings is 2. The standard InChI is InChI=1S/C21H26ClNO5S/c1-15(2)11-18(14-24)23(29(25,26)19-6-4-17(22)5-7-19)13-16-3-8-20-21(12-16)28-10-9-27-20/h3-8,12,15,18,24H,9-11,13-14H2,1-2H3/t18-/m0/s1. The van der Waals surface area contributed by atoms with E-state index in [1.54, 1.807) is 24.3 Å². The smallest absolute Gasteiger partial charge is 0.243 e. The molecule has 0 amide bonds. The predicted molar refractivity (Wildman–Crippen MR) is 112 cm³/mol. The number of sulfonamides is 1. The molecule has 1 aliphatic rings. The molecule has 158 valence electrons. The van der Waals surface area contributed by atoms with Gasteiger partial charge in [-0.3, -0.25) is 0 Å². The highest BCUT2D eigenvalue weighted by atomic mass is 35.5. The van der Waals surface area contributed by atoms with Crippen molar-refractivity contribution in [2.75, 3.05) is 19.8 Å². The molecule has 0 spiro atoms. The van der Waals surface area contributed by atoms with Crippen molar-refractivity contribution in [3.05, 3.63) is 53.1 Å². The topological polar surface area (TPSA) is 76.1 Å². The highest BCUT2D eigenvalue weighted by molar-refractivity contribution is 7.89. The van der Waals surface area contributed by atoms with Gasteiger partial charge in [-0.1, -0.05) is 31.5 Å². The van der Waals surface area contributed by atoms with E-state index >= 15 is 0 Å². The summed E-state index contributed by atoms with van der Waals surface area (Å²) in [5.74, 6) is 1.46. The highest BCUT2D eigenvalue weighted by Crippen LogP contribution is 2.32. The second kappa shape index (κ2) is 9.34. The van der Waals surface area contributed by atoms with Gasteiger partial charge in [0.15, 0.2) is 11.5 Å². The summed E-state index contributed by atoms with van der Waals surface area (Å²) in [6.07, 6.45) is 0.536. The molecule has 0 saturated carbocycles. The van der Waals surface area contributed by atoms with Crippen molar-refractivity contribution >= 4 is 21.6 Å². The van der Waals surface area contributed by atoms with E-state index < -0.39 is 16.1 Å². The zero-order valence-corrected chi connectivity index (χ0v) is 18.1. The molecule has 0 fully saturated rings. The Labute approximate surface area is 177 Å². The van der Waals surface area contributed by atoms with E-state index in [2.05, 4.69) is 0 Å². The number of aliphatic hydroxyl groups excluding tert-OH is 1. The highest BCUT2D eigenvalue weighted by Gasteiger charge is 2.32. The molecule has 0 unspecified atom stereocenters. The fourth-order valence-corrected chi connectivity index (χ4v) is 5.09. The fraction of sp³-hybridized carbons (Fsp3) is 0.429. The van der Waals surface area contributed by atoms with Crippen LogP contribution in [0, 0.1) is 5.92 Å². The minimum atomic E-state index is -3.85. The lowest BCUT2D eigenvalue weighted by Gasteiger charge is -2.31. The Bertz CT molecular complexity index is 931. The van der Waals surface area contributed by atoms with Crippen LogP contribution >= 0.6 is 11.6 Å². The van der Waals surface area contributed by atoms with Gasteiger partial charge in [0.2, 0.25) is 10.0 Å². The first-order valence-electron chi connectivity index (χ1n) is 9.58.